The number of primary amides is 1. The molecule has 8 nitrogen and oxygen atoms in total. The highest BCUT2D eigenvalue weighted by Gasteiger charge is 2.17. The lowest BCUT2D eigenvalue weighted by Crippen LogP contribution is -2.26. The largest absolute Gasteiger partial charge is 0.453 e. The fourth-order valence-electron chi connectivity index (χ4n) is 3.33. The van der Waals surface area contributed by atoms with Gasteiger partial charge in [-0.3, -0.25) is 19.6 Å². The molecule has 0 bridgehead atoms. The molecule has 3 aromatic rings. The first-order valence-electron chi connectivity index (χ1n) is 11.0. The number of benzene rings is 2. The van der Waals surface area contributed by atoms with Crippen molar-refractivity contribution in [2.24, 2.45) is 16.5 Å². The monoisotopic (exact) mass is 495 g/mol. The number of aromatic nitrogens is 1. The van der Waals surface area contributed by atoms with Crippen molar-refractivity contribution in [2.45, 2.75) is 39.7 Å². The van der Waals surface area contributed by atoms with E-state index in [1.165, 1.54) is 36.8 Å². The quantitative estimate of drug-likeness (QED) is 0.426. The van der Waals surface area contributed by atoms with E-state index in [1.54, 1.807) is 13.0 Å². The summed E-state index contributed by atoms with van der Waals surface area (Å²) in [4.78, 5) is 32.4. The molecule has 3 rings (SSSR count). The molecule has 36 heavy (non-hydrogen) atoms. The first-order chi connectivity index (χ1) is 16.9. The van der Waals surface area contributed by atoms with E-state index in [4.69, 9.17) is 16.2 Å². The predicted molar refractivity (Wildman–Crippen MR) is 134 cm³/mol. The van der Waals surface area contributed by atoms with Crippen molar-refractivity contribution in [1.29, 1.82) is 0 Å². The second-order valence-corrected chi connectivity index (χ2v) is 9.12. The van der Waals surface area contributed by atoms with Gasteiger partial charge in [0.05, 0.1) is 28.7 Å². The lowest BCUT2D eigenvalue weighted by atomic mass is 10.1. The van der Waals surface area contributed by atoms with E-state index < -0.39 is 23.4 Å². The Hall–Kier alpha value is -4.34. The molecule has 2 aromatic carbocycles. The maximum atomic E-state index is 15.0. The van der Waals surface area contributed by atoms with Gasteiger partial charge >= 0.3 is 0 Å². The van der Waals surface area contributed by atoms with Crippen LogP contribution in [-0.4, -0.2) is 28.6 Å². The second kappa shape index (κ2) is 10.5. The Balaban J connectivity index is 1.83. The zero-order valence-corrected chi connectivity index (χ0v) is 20.4. The third-order valence-electron chi connectivity index (χ3n) is 4.98. The van der Waals surface area contributed by atoms with E-state index >= 15 is 4.39 Å². The van der Waals surface area contributed by atoms with Crippen LogP contribution in [0, 0.1) is 18.6 Å². The minimum atomic E-state index is -0.952. The van der Waals surface area contributed by atoms with Crippen molar-refractivity contribution in [1.82, 2.24) is 10.3 Å². The Labute approximate surface area is 207 Å². The summed E-state index contributed by atoms with van der Waals surface area (Å²) in [6.07, 6.45) is 3.95. The van der Waals surface area contributed by atoms with Gasteiger partial charge in [0.1, 0.15) is 11.6 Å². The van der Waals surface area contributed by atoms with Crippen LogP contribution in [0.3, 0.4) is 0 Å². The van der Waals surface area contributed by atoms with Crippen LogP contribution in [0.4, 0.5) is 8.78 Å². The third-order valence-corrected chi connectivity index (χ3v) is 4.98. The number of aliphatic imine (C=N–C) groups is 1. The van der Waals surface area contributed by atoms with Crippen LogP contribution < -0.4 is 21.5 Å². The highest BCUT2D eigenvalue weighted by Crippen LogP contribution is 2.34. The van der Waals surface area contributed by atoms with Crippen LogP contribution in [0.25, 0.3) is 10.9 Å². The number of pyridine rings is 1. The van der Waals surface area contributed by atoms with Crippen LogP contribution in [0.1, 0.15) is 42.3 Å². The molecular formula is C26H27F2N5O3. The number of hydrogen-bond donors (Lipinski definition) is 3. The summed E-state index contributed by atoms with van der Waals surface area (Å²) in [5.41, 5.74) is 11.5. The van der Waals surface area contributed by atoms with E-state index in [0.717, 1.165) is 6.07 Å². The molecule has 188 valence electrons. The van der Waals surface area contributed by atoms with Crippen LogP contribution in [-0.2, 0) is 11.2 Å². The average molecular weight is 496 g/mol. The van der Waals surface area contributed by atoms with Crippen molar-refractivity contribution in [2.75, 3.05) is 0 Å². The highest BCUT2D eigenvalue weighted by molar-refractivity contribution is 5.98. The summed E-state index contributed by atoms with van der Waals surface area (Å²) in [5, 5.41) is 2.92. The summed E-state index contributed by atoms with van der Waals surface area (Å²) in [6, 6.07) is 6.54. The molecule has 0 saturated carbocycles. The van der Waals surface area contributed by atoms with Crippen molar-refractivity contribution in [3.8, 4) is 11.5 Å². The number of fused-ring (bicyclic) bond motifs is 1. The van der Waals surface area contributed by atoms with E-state index in [0.29, 0.717) is 16.8 Å². The number of ether oxygens (including phenoxy) is 1. The lowest BCUT2D eigenvalue weighted by Gasteiger charge is -2.14. The zero-order chi connectivity index (χ0) is 26.6. The van der Waals surface area contributed by atoms with Gasteiger partial charge in [-0.2, -0.15) is 0 Å². The molecule has 10 heteroatoms. The molecule has 0 saturated heterocycles. The molecule has 0 aliphatic heterocycles. The number of halogens is 2. The molecule has 2 amide bonds. The molecule has 0 aliphatic carbocycles. The van der Waals surface area contributed by atoms with Crippen molar-refractivity contribution in [3.05, 3.63) is 76.8 Å². The van der Waals surface area contributed by atoms with Gasteiger partial charge in [0.15, 0.2) is 11.6 Å². The summed E-state index contributed by atoms with van der Waals surface area (Å²) in [6.45, 7) is 7.33. The zero-order valence-electron chi connectivity index (χ0n) is 20.4. The Morgan fingerprint density at radius 3 is 2.50 bits per heavy atom. The maximum absolute atomic E-state index is 15.0. The number of nitrogens with one attached hydrogen (secondary N) is 1. The molecule has 0 aliphatic rings. The van der Waals surface area contributed by atoms with Gasteiger partial charge in [0.2, 0.25) is 5.91 Å². The SMILES string of the molecule is Cc1cc(CC(=O)N/C(C=NC(C)(C)C)=C/N)cc(F)c1Oc1ccnc2cc(F)c(C(N)=O)cc12. The number of allylic oxidation sites excluding steroid dienone is 1. The smallest absolute Gasteiger partial charge is 0.251 e. The number of amides is 2. The van der Waals surface area contributed by atoms with E-state index in [2.05, 4.69) is 15.3 Å². The van der Waals surface area contributed by atoms with E-state index in [-0.39, 0.29) is 39.9 Å². The van der Waals surface area contributed by atoms with Gasteiger partial charge < -0.3 is 21.5 Å². The summed E-state index contributed by atoms with van der Waals surface area (Å²) in [7, 11) is 0. The number of aryl methyl sites for hydroxylation is 1. The van der Waals surface area contributed by atoms with Crippen LogP contribution >= 0.6 is 0 Å². The number of nitrogens with two attached hydrogens (primary N) is 2. The Morgan fingerprint density at radius 2 is 1.89 bits per heavy atom. The standard InChI is InChI=1S/C26H27F2N5O3/c1-14-7-15(9-23(34)33-16(12-29)13-32-26(2,3)4)8-20(28)24(14)36-22-5-6-31-21-11-19(27)17(25(30)35)10-18(21)22/h5-8,10-13H,9,29H2,1-4H3,(H2,30,35)(H,33,34)/b16-12+,32-13?. The number of nitrogens with zero attached hydrogens (tertiary/aromatic N) is 2. The minimum absolute atomic E-state index is 0.0866. The van der Waals surface area contributed by atoms with Crippen molar-refractivity contribution < 1.29 is 23.1 Å². The normalized spacial score (nSPS) is 12.2. The maximum Gasteiger partial charge on any atom is 0.251 e. The fraction of sp³-hybridized carbons (Fsp3) is 0.231. The van der Waals surface area contributed by atoms with Gasteiger partial charge in [-0.25, -0.2) is 8.78 Å². The second-order valence-electron chi connectivity index (χ2n) is 9.12. The van der Waals surface area contributed by atoms with E-state index in [1.807, 2.05) is 20.8 Å². The molecule has 0 unspecified atom stereocenters. The molecule has 1 heterocycles. The average Bonchev–Trinajstić information content (AvgIpc) is 2.77. The van der Waals surface area contributed by atoms with Gasteiger partial charge in [0.25, 0.3) is 5.91 Å². The molecule has 0 spiro atoms. The van der Waals surface area contributed by atoms with Gasteiger partial charge in [-0.15, -0.1) is 0 Å². The Morgan fingerprint density at radius 1 is 1.17 bits per heavy atom. The van der Waals surface area contributed by atoms with Crippen LogP contribution in [0.5, 0.6) is 11.5 Å². The molecule has 1 aromatic heterocycles. The first kappa shape index (κ1) is 26.3. The third kappa shape index (κ3) is 6.41. The number of carbonyl (C=O) groups is 2. The van der Waals surface area contributed by atoms with E-state index in [9.17, 15) is 14.0 Å². The van der Waals surface area contributed by atoms with Gasteiger partial charge in [-0.05, 0) is 57.0 Å². The highest BCUT2D eigenvalue weighted by atomic mass is 19.1. The summed E-state index contributed by atoms with van der Waals surface area (Å²) in [5.74, 6) is -2.81. The molecule has 5 N–H and O–H groups in total. The number of hydrogen-bond acceptors (Lipinski definition) is 6. The Kier molecular flexibility index (Phi) is 7.67. The van der Waals surface area contributed by atoms with Crippen molar-refractivity contribution >= 4 is 28.9 Å². The van der Waals surface area contributed by atoms with Gasteiger partial charge in [-0.1, -0.05) is 6.07 Å². The fourth-order valence-corrected chi connectivity index (χ4v) is 3.33. The molecule has 0 radical (unpaired) electrons. The molecule has 0 fully saturated rings. The Bertz CT molecular complexity index is 1370. The lowest BCUT2D eigenvalue weighted by molar-refractivity contribution is -0.119. The summed E-state index contributed by atoms with van der Waals surface area (Å²) < 4.78 is 35.0. The predicted octanol–water partition coefficient (Wildman–Crippen LogP) is 4.04. The minimum Gasteiger partial charge on any atom is -0.453 e. The van der Waals surface area contributed by atoms with Crippen molar-refractivity contribution in [3.63, 3.8) is 0 Å². The molecular weight excluding hydrogens is 468 g/mol. The molecule has 0 atom stereocenters. The van der Waals surface area contributed by atoms with Gasteiger partial charge in [0, 0.05) is 30.1 Å². The van der Waals surface area contributed by atoms with Crippen LogP contribution in [0.2, 0.25) is 0 Å². The first-order valence-corrected chi connectivity index (χ1v) is 11.0. The number of rotatable bonds is 7. The number of carbonyl (C=O) groups excluding carboxylic acids is 2. The summed E-state index contributed by atoms with van der Waals surface area (Å²) >= 11 is 0. The van der Waals surface area contributed by atoms with Crippen LogP contribution in [0.15, 0.2) is 53.4 Å². The topological polar surface area (TPSA) is 133 Å².